The molecule has 4 atom stereocenters. The van der Waals surface area contributed by atoms with Crippen LogP contribution in [0.2, 0.25) is 5.02 Å². The van der Waals surface area contributed by atoms with Crippen molar-refractivity contribution in [1.82, 2.24) is 30.0 Å². The van der Waals surface area contributed by atoms with E-state index >= 15 is 4.39 Å². The van der Waals surface area contributed by atoms with Gasteiger partial charge in [-0.25, -0.2) is 13.6 Å². The van der Waals surface area contributed by atoms with Crippen molar-refractivity contribution >= 4 is 45.4 Å². The van der Waals surface area contributed by atoms with Crippen LogP contribution in [0.4, 0.5) is 19.4 Å². The summed E-state index contributed by atoms with van der Waals surface area (Å²) in [4.78, 5) is 31.5. The Bertz CT molecular complexity index is 2020. The lowest BCUT2D eigenvalue weighted by atomic mass is 9.62. The number of piperidine rings is 1. The van der Waals surface area contributed by atoms with Crippen LogP contribution in [0, 0.1) is 17.2 Å². The number of nitrogens with one attached hydrogen (secondary N) is 1. The summed E-state index contributed by atoms with van der Waals surface area (Å²) < 4.78 is 49.5. The number of pyridine rings is 1. The van der Waals surface area contributed by atoms with Crippen LogP contribution in [0.5, 0.6) is 6.01 Å². The first-order chi connectivity index (χ1) is 23.8. The highest BCUT2D eigenvalue weighted by Crippen LogP contribution is 2.55. The third-order valence-corrected chi connectivity index (χ3v) is 12.4. The van der Waals surface area contributed by atoms with Gasteiger partial charge >= 0.3 is 12.2 Å². The van der Waals surface area contributed by atoms with E-state index in [0.29, 0.717) is 65.2 Å². The molecule has 7 bridgehead atoms. The minimum atomic E-state index is -0.900. The van der Waals surface area contributed by atoms with Gasteiger partial charge in [0.05, 0.1) is 29.2 Å². The molecule has 2 aliphatic carbocycles. The minimum Gasteiger partial charge on any atom is -0.461 e. The fourth-order valence-corrected chi connectivity index (χ4v) is 10.0. The number of carbonyl (C=O) groups excluding carboxylic acids is 1. The maximum absolute atomic E-state index is 17.3. The smallest absolute Gasteiger partial charge is 0.461 e. The average molecular weight is 692 g/mol. The predicted molar refractivity (Wildman–Crippen MR) is 176 cm³/mol. The number of benzene rings is 1. The highest BCUT2D eigenvalue weighted by Gasteiger charge is 2.51. The molecule has 0 amide bonds. The standard InChI is InChI=1S/C35H36ClF2N7O4/c36-24-8-25-22(13-40-43-25)27-26(24)21-7-18(21)15-47-33(46)49-20-10-34(11-20)3-1-5-44(16-34)31-23-12-39-30(27)28(38)29(23)41-32(42-31)48-17-35-4-2-6-45(35)14-19(37)9-35/h8,12-13,18-21H,1-7,9-11,14-17H2,(H,40,43)/t18-,19+,20?,21-,34?,35-/m0/s1. The van der Waals surface area contributed by atoms with Crippen LogP contribution in [0.1, 0.15) is 62.8 Å². The maximum Gasteiger partial charge on any atom is 0.508 e. The number of hydrogen-bond acceptors (Lipinski definition) is 10. The minimum absolute atomic E-state index is 0.00171. The van der Waals surface area contributed by atoms with Crippen LogP contribution in [0.3, 0.4) is 0 Å². The van der Waals surface area contributed by atoms with Gasteiger partial charge in [-0.2, -0.15) is 15.1 Å². The van der Waals surface area contributed by atoms with Gasteiger partial charge in [-0.05, 0) is 74.5 Å². The number of anilines is 1. The number of aromatic amines is 1. The first kappa shape index (κ1) is 30.0. The molecule has 14 heteroatoms. The van der Waals surface area contributed by atoms with E-state index in [0.717, 1.165) is 50.6 Å². The molecule has 1 N–H and O–H groups in total. The lowest BCUT2D eigenvalue weighted by Crippen LogP contribution is -2.53. The molecule has 3 aromatic heterocycles. The molecule has 49 heavy (non-hydrogen) atoms. The van der Waals surface area contributed by atoms with Crippen LogP contribution in [-0.4, -0.2) is 93.4 Å². The Labute approximate surface area is 285 Å². The van der Waals surface area contributed by atoms with E-state index in [4.69, 9.17) is 40.8 Å². The average Bonchev–Trinajstić information content (AvgIpc) is 3.31. The molecule has 1 aromatic carbocycles. The van der Waals surface area contributed by atoms with Gasteiger partial charge in [0.25, 0.3) is 0 Å². The van der Waals surface area contributed by atoms with Crippen molar-refractivity contribution in [3.8, 4) is 17.3 Å². The van der Waals surface area contributed by atoms with E-state index in [9.17, 15) is 9.18 Å². The van der Waals surface area contributed by atoms with Crippen molar-refractivity contribution in [2.75, 3.05) is 44.3 Å². The molecular formula is C35H36ClF2N7O4. The van der Waals surface area contributed by atoms with E-state index < -0.39 is 23.7 Å². The molecule has 8 aliphatic rings. The van der Waals surface area contributed by atoms with Gasteiger partial charge < -0.3 is 19.1 Å². The SMILES string of the molecule is O=C1OC[C@@H]2C[C@@H]2c2c(Cl)cc3[nH]ncc3c2-c2ncc3c(nc(OC[C@@]45CCCN4C[C@H](F)C5)nc3c2F)N2CCCC3(CC(C3)O1)C2. The molecule has 9 heterocycles. The number of carbonyl (C=O) groups is 1. The van der Waals surface area contributed by atoms with Crippen LogP contribution in [0.15, 0.2) is 18.5 Å². The summed E-state index contributed by atoms with van der Waals surface area (Å²) in [5, 5.41) is 8.82. The molecule has 6 aliphatic heterocycles. The summed E-state index contributed by atoms with van der Waals surface area (Å²) in [6.07, 6.45) is 7.81. The van der Waals surface area contributed by atoms with Gasteiger partial charge in [0.2, 0.25) is 0 Å². The van der Waals surface area contributed by atoms with Crippen molar-refractivity contribution in [1.29, 1.82) is 0 Å². The zero-order valence-corrected chi connectivity index (χ0v) is 27.6. The second-order valence-corrected chi connectivity index (χ2v) is 15.6. The number of ether oxygens (including phenoxy) is 3. The number of halogens is 3. The molecule has 5 fully saturated rings. The van der Waals surface area contributed by atoms with Crippen molar-refractivity contribution < 1.29 is 27.8 Å². The normalized spacial score (nSPS) is 32.2. The Kier molecular flexibility index (Phi) is 6.63. The Balaban J connectivity index is 1.13. The lowest BCUT2D eigenvalue weighted by Gasteiger charge is -2.52. The largest absolute Gasteiger partial charge is 0.508 e. The highest BCUT2D eigenvalue weighted by atomic mass is 35.5. The first-order valence-electron chi connectivity index (χ1n) is 17.4. The molecule has 2 saturated carbocycles. The summed E-state index contributed by atoms with van der Waals surface area (Å²) in [6, 6.07) is 1.86. The maximum atomic E-state index is 17.3. The van der Waals surface area contributed by atoms with Crippen molar-refractivity contribution in [3.05, 3.63) is 34.9 Å². The molecule has 11 nitrogen and oxygen atoms in total. The molecule has 256 valence electrons. The van der Waals surface area contributed by atoms with Gasteiger partial charge in [0.1, 0.15) is 35.9 Å². The van der Waals surface area contributed by atoms with Crippen LogP contribution in [0.25, 0.3) is 33.1 Å². The number of rotatable bonds is 3. The van der Waals surface area contributed by atoms with Crippen LogP contribution in [-0.2, 0) is 9.47 Å². The summed E-state index contributed by atoms with van der Waals surface area (Å²) in [6.45, 7) is 3.03. The zero-order valence-electron chi connectivity index (χ0n) is 26.9. The number of nitrogens with zero attached hydrogens (tertiary/aromatic N) is 6. The number of hydrogen-bond donors (Lipinski definition) is 1. The van der Waals surface area contributed by atoms with Crippen LogP contribution < -0.4 is 9.64 Å². The van der Waals surface area contributed by atoms with Gasteiger partial charge in [-0.1, -0.05) is 11.6 Å². The molecular weight excluding hydrogens is 656 g/mol. The van der Waals surface area contributed by atoms with Crippen molar-refractivity contribution in [2.45, 2.75) is 75.1 Å². The van der Waals surface area contributed by atoms with Gasteiger partial charge in [-0.15, -0.1) is 0 Å². The number of fused-ring (bicyclic) bond motifs is 2. The number of aromatic nitrogens is 5. The van der Waals surface area contributed by atoms with E-state index in [2.05, 4.69) is 20.0 Å². The van der Waals surface area contributed by atoms with Gasteiger partial charge in [0.15, 0.2) is 5.82 Å². The monoisotopic (exact) mass is 691 g/mol. The van der Waals surface area contributed by atoms with Gasteiger partial charge in [-0.3, -0.25) is 15.0 Å². The Hall–Kier alpha value is -3.84. The van der Waals surface area contributed by atoms with Crippen molar-refractivity contribution in [2.24, 2.45) is 11.3 Å². The molecule has 0 unspecified atom stereocenters. The Morgan fingerprint density at radius 3 is 2.90 bits per heavy atom. The third kappa shape index (κ3) is 4.78. The second kappa shape index (κ2) is 10.8. The number of H-pyrrole nitrogens is 1. The predicted octanol–water partition coefficient (Wildman–Crippen LogP) is 6.34. The number of alkyl halides is 1. The molecule has 3 saturated heterocycles. The zero-order chi connectivity index (χ0) is 33.1. The van der Waals surface area contributed by atoms with E-state index in [1.165, 1.54) is 0 Å². The van der Waals surface area contributed by atoms with Crippen molar-refractivity contribution in [3.63, 3.8) is 0 Å². The molecule has 0 radical (unpaired) electrons. The van der Waals surface area contributed by atoms with Crippen LogP contribution >= 0.6 is 11.6 Å². The lowest BCUT2D eigenvalue weighted by molar-refractivity contribution is -0.0726. The topological polar surface area (TPSA) is 119 Å². The summed E-state index contributed by atoms with van der Waals surface area (Å²) in [7, 11) is 0. The quantitative estimate of drug-likeness (QED) is 0.244. The Morgan fingerprint density at radius 2 is 2.00 bits per heavy atom. The summed E-state index contributed by atoms with van der Waals surface area (Å²) in [5.74, 6) is -0.129. The second-order valence-electron chi connectivity index (χ2n) is 15.2. The Morgan fingerprint density at radius 1 is 1.12 bits per heavy atom. The fourth-order valence-electron chi connectivity index (χ4n) is 9.68. The van der Waals surface area contributed by atoms with E-state index in [1.54, 1.807) is 18.5 Å². The van der Waals surface area contributed by atoms with E-state index in [-0.39, 0.29) is 53.8 Å². The van der Waals surface area contributed by atoms with E-state index in [1.807, 2.05) is 0 Å². The molecule has 12 rings (SSSR count). The fraction of sp³-hybridized carbons (Fsp3) is 0.571. The summed E-state index contributed by atoms with van der Waals surface area (Å²) in [5.41, 5.74) is 1.66. The van der Waals surface area contributed by atoms with Gasteiger partial charge in [0, 0.05) is 54.1 Å². The first-order valence-corrected chi connectivity index (χ1v) is 17.8. The highest BCUT2D eigenvalue weighted by molar-refractivity contribution is 6.33. The third-order valence-electron chi connectivity index (χ3n) is 12.1. The molecule has 1 spiro atoms. The summed E-state index contributed by atoms with van der Waals surface area (Å²) >= 11 is 6.92. The molecule has 4 aromatic rings.